The van der Waals surface area contributed by atoms with Gasteiger partial charge in [-0.1, -0.05) is 106 Å². The van der Waals surface area contributed by atoms with Gasteiger partial charge in [-0.15, -0.1) is 0 Å². The van der Waals surface area contributed by atoms with Crippen LogP contribution in [-0.2, 0) is 11.8 Å². The zero-order valence-electron chi connectivity index (χ0n) is 34.3. The van der Waals surface area contributed by atoms with Gasteiger partial charge in [-0.05, 0) is 132 Å². The maximum atomic E-state index is 7.40. The lowest BCUT2D eigenvalue weighted by atomic mass is 9.37. The highest BCUT2D eigenvalue weighted by Crippen LogP contribution is 2.54. The van der Waals surface area contributed by atoms with E-state index in [1.165, 1.54) is 49.8 Å². The zero-order chi connectivity index (χ0) is 39.7. The van der Waals surface area contributed by atoms with Crippen LogP contribution in [0.15, 0.2) is 136 Å². The Morgan fingerprint density at radius 3 is 2.39 bits per heavy atom. The van der Waals surface area contributed by atoms with Gasteiger partial charge in [0.2, 0.25) is 0 Å². The van der Waals surface area contributed by atoms with Crippen LogP contribution in [-0.4, -0.2) is 6.71 Å². The van der Waals surface area contributed by atoms with E-state index in [1.54, 1.807) is 0 Å². The Hall–Kier alpha value is -6.38. The molecule has 2 aliphatic heterocycles. The van der Waals surface area contributed by atoms with Crippen molar-refractivity contribution in [3.63, 3.8) is 0 Å². The van der Waals surface area contributed by atoms with Crippen molar-refractivity contribution in [2.45, 2.75) is 71.6 Å². The first-order valence-electron chi connectivity index (χ1n) is 21.5. The Kier molecular flexibility index (Phi) is 7.38. The topological polar surface area (TPSA) is 32.8 Å². The summed E-state index contributed by atoms with van der Waals surface area (Å²) in [4.78, 5) is 4.91. The largest absolute Gasteiger partial charge is 0.468 e. The summed E-state index contributed by atoms with van der Waals surface area (Å²) in [7, 11) is 0. The summed E-state index contributed by atoms with van der Waals surface area (Å²) in [5.41, 5.74) is 20.9. The third kappa shape index (κ3) is 4.69. The first-order valence-corrected chi connectivity index (χ1v) is 21.5. The highest BCUT2D eigenvalue weighted by atomic mass is 16.3. The van der Waals surface area contributed by atoms with Gasteiger partial charge in [0.15, 0.2) is 0 Å². The van der Waals surface area contributed by atoms with E-state index in [1.807, 2.05) is 6.07 Å². The van der Waals surface area contributed by atoms with Crippen LogP contribution < -0.4 is 26.6 Å². The van der Waals surface area contributed by atoms with Crippen molar-refractivity contribution in [3.8, 4) is 0 Å². The Bertz CT molecular complexity index is 3030. The van der Waals surface area contributed by atoms with Crippen LogP contribution >= 0.6 is 0 Å². The predicted octanol–water partition coefficient (Wildman–Crippen LogP) is 12.4. The Balaban J connectivity index is 1.20. The normalized spacial score (nSPS) is 19.2. The lowest BCUT2D eigenvalue weighted by Gasteiger charge is -2.41. The van der Waals surface area contributed by atoms with Gasteiger partial charge in [0.05, 0.1) is 17.1 Å². The summed E-state index contributed by atoms with van der Waals surface area (Å²) in [5, 5.41) is 2.33. The number of hydrogen-bond acceptors (Lipinski definition) is 4. The molecule has 0 spiro atoms. The predicted molar refractivity (Wildman–Crippen MR) is 245 cm³/mol. The fourth-order valence-corrected chi connectivity index (χ4v) is 11.4. The van der Waals surface area contributed by atoms with Crippen LogP contribution in [0.1, 0.15) is 80.7 Å². The van der Waals surface area contributed by atoms with Crippen LogP contribution in [0.2, 0.25) is 0 Å². The van der Waals surface area contributed by atoms with Crippen molar-refractivity contribution < 1.29 is 8.83 Å². The van der Waals surface area contributed by atoms with E-state index in [4.69, 9.17) is 8.83 Å². The SMILES string of the molecule is CCc1c([C@@H]2C=CC=CC2CC)ccc2oc3c(c12)N(c1cc#ccc1)c1cc(C)cc2c1B3c1oc3cc4c(cc3c1N2c1ccccc1)C(C)(C)C1=C4C=CCC1. The molecule has 1 unspecified atom stereocenters. The molecule has 5 aromatic carbocycles. The van der Waals surface area contributed by atoms with Gasteiger partial charge >= 0.3 is 6.71 Å². The average Bonchev–Trinajstić information content (AvgIpc) is 3.91. The average molecular weight is 765 g/mol. The maximum absolute atomic E-state index is 7.40. The van der Waals surface area contributed by atoms with Crippen LogP contribution in [0.25, 0.3) is 27.5 Å². The summed E-state index contributed by atoms with van der Waals surface area (Å²) >= 11 is 0. The van der Waals surface area contributed by atoms with Crippen LogP contribution in [0.4, 0.5) is 34.1 Å². The number of anilines is 6. The molecule has 4 heterocycles. The molecule has 12 rings (SSSR count). The molecule has 4 nitrogen and oxygen atoms in total. The minimum atomic E-state index is -0.276. The van der Waals surface area contributed by atoms with Gasteiger partial charge in [-0.2, -0.15) is 0 Å². The second kappa shape index (κ2) is 12.6. The third-order valence-corrected chi connectivity index (χ3v) is 14.1. The highest BCUT2D eigenvalue weighted by Gasteiger charge is 2.51. The van der Waals surface area contributed by atoms with E-state index in [9.17, 15) is 0 Å². The summed E-state index contributed by atoms with van der Waals surface area (Å²) < 4.78 is 14.7. The lowest BCUT2D eigenvalue weighted by molar-refractivity contribution is 0.556. The molecule has 0 saturated carbocycles. The standard InChI is InChI=1S/C54H45BN2O2/c1-6-33-18-14-15-23-37(33)38-26-27-46-48(36(38)7-2)51-53(58-46)55-49-44(28-32(3)29-45(49)57(51)35-21-12-9-13-22-35)56(34-19-10-8-11-20-34)50-41-30-43-40(31-47(41)59-52(50)55)39-24-16-17-25-42(39)54(43,4)5/h8,10-12,14-16,18-24,26-31,33,37H,6-7,17,25H2,1-5H3/t33?,37-/m1/s1. The van der Waals surface area contributed by atoms with E-state index in [0.717, 1.165) is 87.7 Å². The Labute approximate surface area is 346 Å². The van der Waals surface area contributed by atoms with Crippen LogP contribution in [0.5, 0.6) is 0 Å². The highest BCUT2D eigenvalue weighted by molar-refractivity contribution is 6.99. The van der Waals surface area contributed by atoms with Gasteiger partial charge in [0, 0.05) is 45.2 Å². The number of rotatable bonds is 5. The van der Waals surface area contributed by atoms with Crippen molar-refractivity contribution in [3.05, 3.63) is 167 Å². The minimum absolute atomic E-state index is 0.0720. The number of allylic oxidation sites excluding steroid dienone is 8. The monoisotopic (exact) mass is 764 g/mol. The second-order valence-electron chi connectivity index (χ2n) is 17.6. The van der Waals surface area contributed by atoms with E-state index < -0.39 is 0 Å². The van der Waals surface area contributed by atoms with Crippen LogP contribution in [0.3, 0.4) is 0 Å². The second-order valence-corrected chi connectivity index (χ2v) is 17.6. The van der Waals surface area contributed by atoms with Gasteiger partial charge in [0.25, 0.3) is 0 Å². The first-order chi connectivity index (χ1) is 28.9. The minimum Gasteiger partial charge on any atom is -0.468 e. The molecule has 2 atom stereocenters. The molecule has 0 bridgehead atoms. The molecule has 0 fully saturated rings. The number of para-hydroxylation sites is 1. The van der Waals surface area contributed by atoms with E-state index in [-0.39, 0.29) is 12.1 Å². The molecule has 0 radical (unpaired) electrons. The molecule has 7 aromatic rings. The number of fused-ring (bicyclic) bond motifs is 10. The van der Waals surface area contributed by atoms with E-state index in [0.29, 0.717) is 11.8 Å². The Morgan fingerprint density at radius 1 is 0.831 bits per heavy atom. The molecule has 0 amide bonds. The fourth-order valence-electron chi connectivity index (χ4n) is 11.4. The van der Waals surface area contributed by atoms with Crippen molar-refractivity contribution in [1.82, 2.24) is 0 Å². The van der Waals surface area contributed by atoms with E-state index in [2.05, 4.69) is 172 Å². The van der Waals surface area contributed by atoms with Gasteiger partial charge in [0.1, 0.15) is 22.5 Å². The number of benzene rings is 4. The van der Waals surface area contributed by atoms with Gasteiger partial charge in [-0.25, -0.2) is 0 Å². The molecule has 3 aliphatic carbocycles. The molecule has 2 aromatic heterocycles. The molecule has 0 saturated heterocycles. The zero-order valence-corrected chi connectivity index (χ0v) is 34.3. The number of nitrogens with zero attached hydrogens (tertiary/aromatic N) is 2. The fraction of sp³-hybridized carbons (Fsp3) is 0.222. The van der Waals surface area contributed by atoms with Crippen molar-refractivity contribution in [2.24, 2.45) is 5.92 Å². The van der Waals surface area contributed by atoms with E-state index >= 15 is 0 Å². The summed E-state index contributed by atoms with van der Waals surface area (Å²) in [5.74, 6) is 0.736. The Morgan fingerprint density at radius 2 is 1.61 bits per heavy atom. The van der Waals surface area contributed by atoms with Crippen molar-refractivity contribution in [1.29, 1.82) is 0 Å². The summed E-state index contributed by atoms with van der Waals surface area (Å²) in [6.45, 7) is 11.4. The first kappa shape index (κ1) is 34.6. The number of hydrogen-bond donors (Lipinski definition) is 0. The van der Waals surface area contributed by atoms with Gasteiger partial charge in [-0.3, -0.25) is 0 Å². The maximum Gasteiger partial charge on any atom is 0.342 e. The molecule has 286 valence electrons. The molecule has 5 aliphatic rings. The molecule has 0 N–H and O–H groups in total. The smallest absolute Gasteiger partial charge is 0.342 e. The van der Waals surface area contributed by atoms with Crippen molar-refractivity contribution >= 4 is 85.1 Å². The molecular weight excluding hydrogens is 719 g/mol. The summed E-state index contributed by atoms with van der Waals surface area (Å²) in [6.07, 6.45) is 18.0. The lowest BCUT2D eigenvalue weighted by Crippen LogP contribution is -2.60. The molecular formula is C54H45BN2O2. The third-order valence-electron chi connectivity index (χ3n) is 14.1. The quantitative estimate of drug-likeness (QED) is 0.163. The number of aryl methyl sites for hydroxylation is 2. The molecule has 5 heteroatoms. The van der Waals surface area contributed by atoms with Gasteiger partial charge < -0.3 is 18.6 Å². The van der Waals surface area contributed by atoms with Crippen LogP contribution in [0, 0.1) is 25.0 Å². The van der Waals surface area contributed by atoms with Crippen molar-refractivity contribution in [2.75, 3.05) is 9.80 Å². The number of furan rings is 2. The summed E-state index contributed by atoms with van der Waals surface area (Å²) in [6, 6.07) is 37.6. The molecule has 59 heavy (non-hydrogen) atoms.